The van der Waals surface area contributed by atoms with Crippen molar-refractivity contribution in [2.45, 2.75) is 31.4 Å². The molecule has 0 aliphatic carbocycles. The summed E-state index contributed by atoms with van der Waals surface area (Å²) in [5.74, 6) is -1.06. The highest BCUT2D eigenvalue weighted by Gasteiger charge is 2.37. The fourth-order valence-electron chi connectivity index (χ4n) is 2.93. The van der Waals surface area contributed by atoms with E-state index in [1.54, 1.807) is 13.0 Å². The van der Waals surface area contributed by atoms with Crippen LogP contribution in [0.5, 0.6) is 0 Å². The summed E-state index contributed by atoms with van der Waals surface area (Å²) < 4.78 is 1.30. The van der Waals surface area contributed by atoms with E-state index >= 15 is 0 Å². The summed E-state index contributed by atoms with van der Waals surface area (Å²) in [4.78, 5) is 25.9. The van der Waals surface area contributed by atoms with Gasteiger partial charge in [-0.1, -0.05) is 18.2 Å². The molecule has 1 aromatic heterocycles. The molecule has 3 rings (SSSR count). The molecule has 126 valence electrons. The minimum atomic E-state index is -1.31. The monoisotopic (exact) mass is 350 g/mol. The minimum Gasteiger partial charge on any atom is -0.388 e. The second-order valence-electron chi connectivity index (χ2n) is 6.08. The third-order valence-corrected chi connectivity index (χ3v) is 4.27. The van der Waals surface area contributed by atoms with Gasteiger partial charge in [0.25, 0.3) is 0 Å². The molecular formula is C15H15ClN4O4. The molecule has 0 radical (unpaired) electrons. The standard InChI is InChI=1S/C15H15ClN4O4/c1-15(22,8-19-7-12(20(23)24)18-14(19)16)6-10-9-4-2-3-5-11(9)17-13(10)21/h2-5,7,10,22H,6,8H2,1H3,(H,17,21). The number of rotatable bonds is 5. The molecular weight excluding hydrogens is 336 g/mol. The number of aromatic nitrogens is 2. The lowest BCUT2D eigenvalue weighted by atomic mass is 9.87. The quantitative estimate of drug-likeness (QED) is 0.635. The van der Waals surface area contributed by atoms with Gasteiger partial charge in [0, 0.05) is 5.69 Å². The van der Waals surface area contributed by atoms with Crippen LogP contribution in [0.2, 0.25) is 5.28 Å². The van der Waals surface area contributed by atoms with Gasteiger partial charge < -0.3 is 20.5 Å². The second kappa shape index (κ2) is 5.88. The van der Waals surface area contributed by atoms with E-state index in [0.717, 1.165) is 11.3 Å². The Kier molecular flexibility index (Phi) is 4.02. The van der Waals surface area contributed by atoms with Gasteiger partial charge in [-0.3, -0.25) is 9.36 Å². The molecule has 2 atom stereocenters. The van der Waals surface area contributed by atoms with Crippen LogP contribution >= 0.6 is 11.6 Å². The van der Waals surface area contributed by atoms with Crippen molar-refractivity contribution in [1.82, 2.24) is 9.55 Å². The number of nitrogens with one attached hydrogen (secondary N) is 1. The predicted octanol–water partition coefficient (Wildman–Crippen LogP) is 2.32. The topological polar surface area (TPSA) is 110 Å². The molecule has 0 saturated heterocycles. The van der Waals surface area contributed by atoms with E-state index < -0.39 is 16.4 Å². The van der Waals surface area contributed by atoms with E-state index in [1.807, 2.05) is 18.2 Å². The lowest BCUT2D eigenvalue weighted by Crippen LogP contribution is -2.34. The van der Waals surface area contributed by atoms with Crippen LogP contribution in [-0.4, -0.2) is 31.1 Å². The number of anilines is 1. The molecule has 0 bridgehead atoms. The molecule has 2 aromatic rings. The van der Waals surface area contributed by atoms with Gasteiger partial charge in [-0.05, 0) is 46.5 Å². The highest BCUT2D eigenvalue weighted by atomic mass is 35.5. The Bertz CT molecular complexity index is 818. The molecule has 1 aliphatic heterocycles. The molecule has 9 heteroatoms. The van der Waals surface area contributed by atoms with Gasteiger partial charge in [0.2, 0.25) is 5.91 Å². The Balaban J connectivity index is 1.79. The summed E-state index contributed by atoms with van der Waals surface area (Å²) in [6, 6.07) is 7.29. The highest BCUT2D eigenvalue weighted by molar-refractivity contribution is 6.28. The number of carbonyl (C=O) groups is 1. The number of hydrogen-bond donors (Lipinski definition) is 2. The van der Waals surface area contributed by atoms with Gasteiger partial charge >= 0.3 is 11.1 Å². The van der Waals surface area contributed by atoms with E-state index in [2.05, 4.69) is 10.3 Å². The van der Waals surface area contributed by atoms with Crippen LogP contribution in [0.3, 0.4) is 0 Å². The molecule has 2 N–H and O–H groups in total. The number of halogens is 1. The molecule has 1 aromatic carbocycles. The molecule has 8 nitrogen and oxygen atoms in total. The third kappa shape index (κ3) is 3.10. The minimum absolute atomic E-state index is 0.0153. The molecule has 2 heterocycles. The SMILES string of the molecule is CC(O)(CC1C(=O)Nc2ccccc21)Cn1cc([N+](=O)[O-])nc1Cl. The summed E-state index contributed by atoms with van der Waals surface area (Å²) in [6.45, 7) is 1.54. The Morgan fingerprint density at radius 1 is 1.50 bits per heavy atom. The van der Waals surface area contributed by atoms with Crippen LogP contribution in [0, 0.1) is 10.1 Å². The zero-order chi connectivity index (χ0) is 17.5. The van der Waals surface area contributed by atoms with Gasteiger partial charge in [0.05, 0.1) is 18.1 Å². The van der Waals surface area contributed by atoms with Gasteiger partial charge in [0.1, 0.15) is 6.20 Å². The van der Waals surface area contributed by atoms with Crippen LogP contribution in [0.1, 0.15) is 24.8 Å². The predicted molar refractivity (Wildman–Crippen MR) is 86.9 cm³/mol. The van der Waals surface area contributed by atoms with E-state index in [9.17, 15) is 20.0 Å². The number of benzene rings is 1. The van der Waals surface area contributed by atoms with Crippen molar-refractivity contribution in [2.75, 3.05) is 5.32 Å². The van der Waals surface area contributed by atoms with Gasteiger partial charge in [-0.15, -0.1) is 0 Å². The number of fused-ring (bicyclic) bond motifs is 1. The highest BCUT2D eigenvalue weighted by Crippen LogP contribution is 2.37. The van der Waals surface area contributed by atoms with Crippen molar-refractivity contribution >= 4 is 29.0 Å². The molecule has 0 saturated carbocycles. The van der Waals surface area contributed by atoms with E-state index in [1.165, 1.54) is 10.8 Å². The first kappa shape index (κ1) is 16.4. The summed E-state index contributed by atoms with van der Waals surface area (Å²) in [5, 5.41) is 24.1. The van der Waals surface area contributed by atoms with Crippen molar-refractivity contribution < 1.29 is 14.8 Å². The molecule has 2 unspecified atom stereocenters. The zero-order valence-corrected chi connectivity index (χ0v) is 13.5. The molecule has 24 heavy (non-hydrogen) atoms. The smallest absolute Gasteiger partial charge is 0.383 e. The Morgan fingerprint density at radius 3 is 2.88 bits per heavy atom. The largest absolute Gasteiger partial charge is 0.388 e. The van der Waals surface area contributed by atoms with Crippen LogP contribution in [-0.2, 0) is 11.3 Å². The lowest BCUT2D eigenvalue weighted by Gasteiger charge is -2.26. The number of hydrogen-bond acceptors (Lipinski definition) is 5. The zero-order valence-electron chi connectivity index (χ0n) is 12.8. The first-order valence-electron chi connectivity index (χ1n) is 7.26. The summed E-state index contributed by atoms with van der Waals surface area (Å²) >= 11 is 5.88. The summed E-state index contributed by atoms with van der Waals surface area (Å²) in [6.07, 6.45) is 1.32. The number of nitrogens with zero attached hydrogens (tertiary/aromatic N) is 3. The Morgan fingerprint density at radius 2 is 2.21 bits per heavy atom. The molecule has 1 aliphatic rings. The maximum absolute atomic E-state index is 12.2. The van der Waals surface area contributed by atoms with Crippen molar-refractivity contribution in [2.24, 2.45) is 0 Å². The maximum Gasteiger partial charge on any atom is 0.383 e. The fraction of sp³-hybridized carbons (Fsp3) is 0.333. The van der Waals surface area contributed by atoms with E-state index in [4.69, 9.17) is 11.6 Å². The van der Waals surface area contributed by atoms with Crippen molar-refractivity contribution in [1.29, 1.82) is 0 Å². The van der Waals surface area contributed by atoms with Crippen molar-refractivity contribution in [3.63, 3.8) is 0 Å². The first-order chi connectivity index (χ1) is 11.3. The third-order valence-electron chi connectivity index (χ3n) is 3.97. The van der Waals surface area contributed by atoms with E-state index in [0.29, 0.717) is 0 Å². The van der Waals surface area contributed by atoms with Crippen molar-refractivity contribution in [3.05, 3.63) is 51.4 Å². The second-order valence-corrected chi connectivity index (χ2v) is 6.42. The number of aliphatic hydroxyl groups is 1. The molecule has 1 amide bonds. The summed E-state index contributed by atoms with van der Waals surface area (Å²) in [7, 11) is 0. The van der Waals surface area contributed by atoms with Gasteiger partial charge in [-0.2, -0.15) is 0 Å². The number of amides is 1. The number of nitro groups is 1. The van der Waals surface area contributed by atoms with Crippen LogP contribution in [0.25, 0.3) is 0 Å². The van der Waals surface area contributed by atoms with Crippen molar-refractivity contribution in [3.8, 4) is 0 Å². The van der Waals surface area contributed by atoms with E-state index in [-0.39, 0.29) is 30.0 Å². The number of imidazole rings is 1. The normalized spacial score (nSPS) is 18.8. The Labute approximate surface area is 142 Å². The fourth-order valence-corrected chi connectivity index (χ4v) is 3.12. The number of para-hydroxylation sites is 1. The average Bonchev–Trinajstić information content (AvgIpc) is 3.00. The Hall–Kier alpha value is -2.45. The van der Waals surface area contributed by atoms with Gasteiger partial charge in [-0.25, -0.2) is 0 Å². The van der Waals surface area contributed by atoms with Crippen LogP contribution in [0.4, 0.5) is 11.5 Å². The molecule has 0 fully saturated rings. The van der Waals surface area contributed by atoms with Gasteiger partial charge in [0.15, 0.2) is 0 Å². The van der Waals surface area contributed by atoms with Crippen LogP contribution < -0.4 is 5.32 Å². The summed E-state index contributed by atoms with van der Waals surface area (Å²) in [5.41, 5.74) is 0.252. The average molecular weight is 351 g/mol. The van der Waals surface area contributed by atoms with Crippen LogP contribution in [0.15, 0.2) is 30.5 Å². The first-order valence-corrected chi connectivity index (χ1v) is 7.64. The molecule has 0 spiro atoms. The maximum atomic E-state index is 12.2. The lowest BCUT2D eigenvalue weighted by molar-refractivity contribution is -0.389. The number of carbonyl (C=O) groups excluding carboxylic acids is 1.